The molecule has 0 saturated carbocycles. The molecule has 0 bridgehead atoms. The first-order valence-electron chi connectivity index (χ1n) is 5.17. The van der Waals surface area contributed by atoms with Gasteiger partial charge in [-0.05, 0) is 18.6 Å². The van der Waals surface area contributed by atoms with Gasteiger partial charge in [0.05, 0.1) is 18.8 Å². The summed E-state index contributed by atoms with van der Waals surface area (Å²) in [6.45, 7) is 3.37. The summed E-state index contributed by atoms with van der Waals surface area (Å²) < 4.78 is 5.37. The number of rotatable bonds is 3. The molecule has 78 valence electrons. The van der Waals surface area contributed by atoms with Gasteiger partial charge in [0.25, 0.3) is 0 Å². The summed E-state index contributed by atoms with van der Waals surface area (Å²) in [5, 5.41) is 0. The van der Waals surface area contributed by atoms with E-state index < -0.39 is 0 Å². The molecule has 1 aliphatic rings. The Balaban J connectivity index is 2.20. The number of dihydropyridines is 1. The van der Waals surface area contributed by atoms with Crippen molar-refractivity contribution in [1.82, 2.24) is 4.98 Å². The van der Waals surface area contributed by atoms with E-state index in [1.165, 1.54) is 5.57 Å². The third-order valence-corrected chi connectivity index (χ3v) is 2.23. The van der Waals surface area contributed by atoms with Crippen LogP contribution in [-0.4, -0.2) is 24.4 Å². The molecule has 1 aromatic heterocycles. The van der Waals surface area contributed by atoms with E-state index in [2.05, 4.69) is 16.1 Å². The molecule has 0 aromatic carbocycles. The summed E-state index contributed by atoms with van der Waals surface area (Å²) in [5.41, 5.74) is 2.22. The van der Waals surface area contributed by atoms with Crippen LogP contribution in [0.2, 0.25) is 0 Å². The molecule has 1 aromatic rings. The third kappa shape index (κ3) is 2.43. The zero-order chi connectivity index (χ0) is 10.5. The standard InChI is InChI=1S/C12H14N2O/c1-2-15-12-5-3-4-11(14-12)10-6-8-13-9-7-10/h3-6,9H,2,7-8H2,1H3. The van der Waals surface area contributed by atoms with Crippen LogP contribution in [0.5, 0.6) is 5.88 Å². The molecular formula is C12H14N2O. The maximum absolute atomic E-state index is 5.37. The van der Waals surface area contributed by atoms with Gasteiger partial charge in [-0.3, -0.25) is 4.99 Å². The average Bonchev–Trinajstić information content (AvgIpc) is 2.31. The predicted molar refractivity (Wildman–Crippen MR) is 61.4 cm³/mol. The highest BCUT2D eigenvalue weighted by atomic mass is 16.5. The van der Waals surface area contributed by atoms with Gasteiger partial charge in [-0.25, -0.2) is 4.98 Å². The van der Waals surface area contributed by atoms with Gasteiger partial charge in [0.1, 0.15) is 0 Å². The van der Waals surface area contributed by atoms with Crippen LogP contribution in [0.25, 0.3) is 5.57 Å². The smallest absolute Gasteiger partial charge is 0.213 e. The Morgan fingerprint density at radius 2 is 2.33 bits per heavy atom. The van der Waals surface area contributed by atoms with Crippen molar-refractivity contribution in [2.75, 3.05) is 13.2 Å². The van der Waals surface area contributed by atoms with Gasteiger partial charge in [-0.1, -0.05) is 12.1 Å². The van der Waals surface area contributed by atoms with Crippen LogP contribution in [0, 0.1) is 0 Å². The molecule has 1 aliphatic heterocycles. The number of hydrogen-bond donors (Lipinski definition) is 0. The average molecular weight is 202 g/mol. The molecule has 0 N–H and O–H groups in total. The van der Waals surface area contributed by atoms with E-state index in [9.17, 15) is 0 Å². The van der Waals surface area contributed by atoms with Crippen LogP contribution in [-0.2, 0) is 0 Å². The summed E-state index contributed by atoms with van der Waals surface area (Å²) in [6, 6.07) is 5.86. The van der Waals surface area contributed by atoms with E-state index in [1.807, 2.05) is 31.3 Å². The second-order valence-corrected chi connectivity index (χ2v) is 3.28. The highest BCUT2D eigenvalue weighted by Crippen LogP contribution is 2.19. The Morgan fingerprint density at radius 3 is 3.07 bits per heavy atom. The minimum absolute atomic E-state index is 0.650. The van der Waals surface area contributed by atoms with Crippen molar-refractivity contribution in [1.29, 1.82) is 0 Å². The number of nitrogens with zero attached hydrogens (tertiary/aromatic N) is 2. The van der Waals surface area contributed by atoms with Crippen LogP contribution in [0.4, 0.5) is 0 Å². The van der Waals surface area contributed by atoms with Crippen molar-refractivity contribution in [3.8, 4) is 5.88 Å². The second kappa shape index (κ2) is 4.73. The fourth-order valence-corrected chi connectivity index (χ4v) is 1.51. The Labute approximate surface area is 89.5 Å². The summed E-state index contributed by atoms with van der Waals surface area (Å²) in [5.74, 6) is 0.693. The molecule has 0 amide bonds. The lowest BCUT2D eigenvalue weighted by atomic mass is 10.1. The highest BCUT2D eigenvalue weighted by Gasteiger charge is 2.05. The molecule has 15 heavy (non-hydrogen) atoms. The van der Waals surface area contributed by atoms with Gasteiger partial charge in [-0.15, -0.1) is 0 Å². The van der Waals surface area contributed by atoms with Crippen molar-refractivity contribution < 1.29 is 4.74 Å². The normalized spacial score (nSPS) is 14.9. The van der Waals surface area contributed by atoms with Gasteiger partial charge in [-0.2, -0.15) is 0 Å². The summed E-state index contributed by atoms with van der Waals surface area (Å²) in [7, 11) is 0. The van der Waals surface area contributed by atoms with Crippen LogP contribution in [0.15, 0.2) is 29.3 Å². The van der Waals surface area contributed by atoms with Crippen LogP contribution >= 0.6 is 0 Å². The van der Waals surface area contributed by atoms with Gasteiger partial charge in [0.15, 0.2) is 0 Å². The number of pyridine rings is 1. The first kappa shape index (κ1) is 9.90. The number of aliphatic imine (C=N–C) groups is 1. The molecule has 0 fully saturated rings. The van der Waals surface area contributed by atoms with Gasteiger partial charge >= 0.3 is 0 Å². The minimum Gasteiger partial charge on any atom is -0.478 e. The number of aromatic nitrogens is 1. The monoisotopic (exact) mass is 202 g/mol. The summed E-state index contributed by atoms with van der Waals surface area (Å²) in [6.07, 6.45) is 4.91. The molecule has 0 saturated heterocycles. The first-order valence-corrected chi connectivity index (χ1v) is 5.17. The molecule has 0 radical (unpaired) electrons. The molecule has 3 heteroatoms. The maximum atomic E-state index is 5.37. The first-order chi connectivity index (χ1) is 7.40. The fraction of sp³-hybridized carbons (Fsp3) is 0.333. The van der Waals surface area contributed by atoms with Crippen LogP contribution in [0.1, 0.15) is 19.0 Å². The van der Waals surface area contributed by atoms with E-state index in [0.29, 0.717) is 12.5 Å². The topological polar surface area (TPSA) is 34.5 Å². The summed E-state index contributed by atoms with van der Waals surface area (Å²) >= 11 is 0. The van der Waals surface area contributed by atoms with Gasteiger partial charge < -0.3 is 4.74 Å². The minimum atomic E-state index is 0.650. The van der Waals surface area contributed by atoms with Crippen molar-refractivity contribution >= 4 is 11.8 Å². The molecule has 0 spiro atoms. The predicted octanol–water partition coefficient (Wildman–Crippen LogP) is 2.34. The molecule has 0 atom stereocenters. The largest absolute Gasteiger partial charge is 0.478 e. The SMILES string of the molecule is CCOc1cccc(C2=CCN=CC2)n1. The van der Waals surface area contributed by atoms with Gasteiger partial charge in [0.2, 0.25) is 5.88 Å². The molecule has 2 heterocycles. The number of hydrogen-bond acceptors (Lipinski definition) is 3. The van der Waals surface area contributed by atoms with Crippen LogP contribution < -0.4 is 4.74 Å². The molecule has 2 rings (SSSR count). The zero-order valence-electron chi connectivity index (χ0n) is 8.81. The van der Waals surface area contributed by atoms with E-state index in [4.69, 9.17) is 4.74 Å². The quantitative estimate of drug-likeness (QED) is 0.754. The van der Waals surface area contributed by atoms with Crippen molar-refractivity contribution in [3.05, 3.63) is 30.0 Å². The lowest BCUT2D eigenvalue weighted by Gasteiger charge is -2.09. The van der Waals surface area contributed by atoms with Gasteiger partial charge in [0, 0.05) is 18.7 Å². The molecule has 0 aliphatic carbocycles. The Morgan fingerprint density at radius 1 is 1.40 bits per heavy atom. The Hall–Kier alpha value is -1.64. The van der Waals surface area contributed by atoms with E-state index in [-0.39, 0.29) is 0 Å². The van der Waals surface area contributed by atoms with Crippen molar-refractivity contribution in [2.45, 2.75) is 13.3 Å². The molecule has 3 nitrogen and oxygen atoms in total. The van der Waals surface area contributed by atoms with Crippen LogP contribution in [0.3, 0.4) is 0 Å². The Bertz CT molecular complexity index is 396. The second-order valence-electron chi connectivity index (χ2n) is 3.28. The summed E-state index contributed by atoms with van der Waals surface area (Å²) in [4.78, 5) is 8.59. The third-order valence-electron chi connectivity index (χ3n) is 2.23. The van der Waals surface area contributed by atoms with Crippen molar-refractivity contribution in [2.24, 2.45) is 4.99 Å². The zero-order valence-corrected chi connectivity index (χ0v) is 8.81. The van der Waals surface area contributed by atoms with E-state index in [1.54, 1.807) is 0 Å². The van der Waals surface area contributed by atoms with E-state index >= 15 is 0 Å². The lowest BCUT2D eigenvalue weighted by molar-refractivity contribution is 0.326. The molecular weight excluding hydrogens is 188 g/mol. The number of ether oxygens (including phenoxy) is 1. The fourth-order valence-electron chi connectivity index (χ4n) is 1.51. The Kier molecular flexibility index (Phi) is 3.12. The maximum Gasteiger partial charge on any atom is 0.213 e. The highest BCUT2D eigenvalue weighted by molar-refractivity contribution is 5.80. The molecule has 0 unspecified atom stereocenters. The van der Waals surface area contributed by atoms with E-state index in [0.717, 1.165) is 18.7 Å². The lowest BCUT2D eigenvalue weighted by Crippen LogP contribution is -1.99. The number of allylic oxidation sites excluding steroid dienone is 1. The van der Waals surface area contributed by atoms with Crippen molar-refractivity contribution in [3.63, 3.8) is 0 Å².